The Balaban J connectivity index is 1.38. The minimum Gasteiger partial charge on any atom is -0.455 e. The van der Waals surface area contributed by atoms with Gasteiger partial charge in [-0.25, -0.2) is 9.97 Å². The Morgan fingerprint density at radius 2 is 1.09 bits per heavy atom. The van der Waals surface area contributed by atoms with Crippen LogP contribution in [0.5, 0.6) is 0 Å². The maximum absolute atomic E-state index is 6.45. The lowest BCUT2D eigenvalue weighted by atomic mass is 9.93. The minimum absolute atomic E-state index is 0.669. The molecule has 8 aromatic rings. The molecule has 0 unspecified atom stereocenters. The molecule has 0 fully saturated rings. The molecular weight excluding hydrogens is 526 g/mol. The summed E-state index contributed by atoms with van der Waals surface area (Å²) < 4.78 is 6.45. The number of nitrogens with zero attached hydrogens (tertiary/aromatic N) is 3. The maximum atomic E-state index is 6.45. The smallest absolute Gasteiger partial charge is 0.160 e. The van der Waals surface area contributed by atoms with Crippen LogP contribution >= 0.6 is 0 Å². The van der Waals surface area contributed by atoms with Gasteiger partial charge in [0.25, 0.3) is 0 Å². The summed E-state index contributed by atoms with van der Waals surface area (Å²) in [5.41, 5.74) is 10.6. The van der Waals surface area contributed by atoms with Gasteiger partial charge in [-0.3, -0.25) is 4.98 Å². The largest absolute Gasteiger partial charge is 0.455 e. The van der Waals surface area contributed by atoms with E-state index in [0.29, 0.717) is 5.82 Å². The lowest BCUT2D eigenvalue weighted by molar-refractivity contribution is 0.670. The highest BCUT2D eigenvalue weighted by atomic mass is 16.3. The molecule has 0 spiro atoms. The van der Waals surface area contributed by atoms with Crippen molar-refractivity contribution in [2.45, 2.75) is 0 Å². The van der Waals surface area contributed by atoms with Crippen LogP contribution in [0.1, 0.15) is 0 Å². The van der Waals surface area contributed by atoms with E-state index in [2.05, 4.69) is 83.8 Å². The van der Waals surface area contributed by atoms with Gasteiger partial charge in [0.1, 0.15) is 11.2 Å². The van der Waals surface area contributed by atoms with Crippen LogP contribution in [0, 0.1) is 0 Å². The Labute approximate surface area is 249 Å². The van der Waals surface area contributed by atoms with Crippen LogP contribution in [0.2, 0.25) is 0 Å². The second-order valence-electron chi connectivity index (χ2n) is 10.5. The third-order valence-corrected chi connectivity index (χ3v) is 7.77. The van der Waals surface area contributed by atoms with Crippen molar-refractivity contribution in [2.75, 3.05) is 0 Å². The number of fused-ring (bicyclic) bond motifs is 3. The van der Waals surface area contributed by atoms with Gasteiger partial charge in [0, 0.05) is 45.4 Å². The van der Waals surface area contributed by atoms with Crippen LogP contribution in [-0.4, -0.2) is 15.0 Å². The molecule has 0 saturated heterocycles. The minimum atomic E-state index is 0.669. The van der Waals surface area contributed by atoms with Gasteiger partial charge >= 0.3 is 0 Å². The van der Waals surface area contributed by atoms with Crippen LogP contribution in [0.15, 0.2) is 156 Å². The first-order valence-electron chi connectivity index (χ1n) is 14.3. The third kappa shape index (κ3) is 4.65. The van der Waals surface area contributed by atoms with Gasteiger partial charge in [0.2, 0.25) is 0 Å². The number of hydrogen-bond acceptors (Lipinski definition) is 4. The molecule has 43 heavy (non-hydrogen) atoms. The third-order valence-electron chi connectivity index (χ3n) is 7.77. The van der Waals surface area contributed by atoms with Crippen molar-refractivity contribution in [2.24, 2.45) is 0 Å². The number of benzene rings is 5. The van der Waals surface area contributed by atoms with Crippen molar-refractivity contribution in [1.29, 1.82) is 0 Å². The summed E-state index contributed by atoms with van der Waals surface area (Å²) in [5.74, 6) is 0.669. The molecule has 0 aliphatic carbocycles. The summed E-state index contributed by atoms with van der Waals surface area (Å²) in [6, 6.07) is 47.8. The second-order valence-corrected chi connectivity index (χ2v) is 10.5. The first-order chi connectivity index (χ1) is 21.3. The van der Waals surface area contributed by atoms with E-state index in [9.17, 15) is 0 Å². The fourth-order valence-corrected chi connectivity index (χ4v) is 5.68. The van der Waals surface area contributed by atoms with Gasteiger partial charge in [-0.15, -0.1) is 0 Å². The van der Waals surface area contributed by atoms with Crippen LogP contribution in [0.3, 0.4) is 0 Å². The van der Waals surface area contributed by atoms with Crippen LogP contribution in [-0.2, 0) is 0 Å². The maximum Gasteiger partial charge on any atom is 0.160 e. The Hall–Kier alpha value is -5.87. The van der Waals surface area contributed by atoms with E-state index >= 15 is 0 Å². The average Bonchev–Trinajstić information content (AvgIpc) is 3.48. The zero-order valence-corrected chi connectivity index (χ0v) is 23.2. The molecule has 4 nitrogen and oxygen atoms in total. The molecule has 8 rings (SSSR count). The molecule has 202 valence electrons. The van der Waals surface area contributed by atoms with Gasteiger partial charge in [0.05, 0.1) is 11.4 Å². The van der Waals surface area contributed by atoms with Gasteiger partial charge < -0.3 is 4.42 Å². The summed E-state index contributed by atoms with van der Waals surface area (Å²) in [6.07, 6.45) is 3.62. The van der Waals surface area contributed by atoms with Gasteiger partial charge in [-0.2, -0.15) is 0 Å². The molecule has 0 aliphatic rings. The highest BCUT2D eigenvalue weighted by molar-refractivity contribution is 6.09. The molecule has 3 heterocycles. The summed E-state index contributed by atoms with van der Waals surface area (Å²) in [4.78, 5) is 14.4. The first kappa shape index (κ1) is 24.9. The van der Waals surface area contributed by atoms with Crippen LogP contribution in [0.4, 0.5) is 0 Å². The number of furan rings is 1. The van der Waals surface area contributed by atoms with Crippen LogP contribution < -0.4 is 0 Å². The van der Waals surface area contributed by atoms with E-state index < -0.39 is 0 Å². The van der Waals surface area contributed by atoms with Crippen molar-refractivity contribution >= 4 is 21.9 Å². The zero-order chi connectivity index (χ0) is 28.6. The second kappa shape index (κ2) is 10.5. The van der Waals surface area contributed by atoms with Crippen molar-refractivity contribution in [1.82, 2.24) is 15.0 Å². The summed E-state index contributed by atoms with van der Waals surface area (Å²) >= 11 is 0. The number of aromatic nitrogens is 3. The summed E-state index contributed by atoms with van der Waals surface area (Å²) in [7, 11) is 0. The molecule has 0 bridgehead atoms. The number of para-hydroxylation sites is 2. The van der Waals surface area contributed by atoms with E-state index in [-0.39, 0.29) is 0 Å². The molecule has 5 aromatic carbocycles. The molecular formula is C39H25N3O. The Bertz CT molecular complexity index is 2170. The fraction of sp³-hybridized carbons (Fsp3) is 0. The van der Waals surface area contributed by atoms with Gasteiger partial charge in [0.15, 0.2) is 5.82 Å². The van der Waals surface area contributed by atoms with E-state index in [1.807, 2.05) is 66.9 Å². The molecule has 0 N–H and O–H groups in total. The number of pyridine rings is 1. The van der Waals surface area contributed by atoms with Crippen molar-refractivity contribution < 1.29 is 4.42 Å². The van der Waals surface area contributed by atoms with Crippen molar-refractivity contribution in [3.8, 4) is 56.2 Å². The fourth-order valence-electron chi connectivity index (χ4n) is 5.68. The SMILES string of the molecule is c1ccc(-c2cc(-c3cc(-c4cccnc4)nc(-c4ccccc4)n3)cc(-c3cccc4c3oc3ccccc34)c2)cc1. The quantitative estimate of drug-likeness (QED) is 0.214. The lowest BCUT2D eigenvalue weighted by Gasteiger charge is -2.13. The molecule has 0 radical (unpaired) electrons. The normalized spacial score (nSPS) is 11.3. The first-order valence-corrected chi connectivity index (χ1v) is 14.3. The standard InChI is InChI=1S/C39H25N3O/c1-3-11-26(12-4-1)29-21-30(32-17-9-18-34-33-16-7-8-19-37(33)43-38(32)34)23-31(22-29)36-24-35(28-15-10-20-40-25-28)41-39(42-36)27-13-5-2-6-14-27/h1-25H. The van der Waals surface area contributed by atoms with E-state index in [1.54, 1.807) is 6.20 Å². The number of rotatable bonds is 5. The lowest BCUT2D eigenvalue weighted by Crippen LogP contribution is -1.96. The van der Waals surface area contributed by atoms with Crippen molar-refractivity contribution in [3.63, 3.8) is 0 Å². The average molecular weight is 552 g/mol. The van der Waals surface area contributed by atoms with Gasteiger partial charge in [-0.05, 0) is 59.2 Å². The molecule has 3 aromatic heterocycles. The Morgan fingerprint density at radius 3 is 1.88 bits per heavy atom. The molecule has 0 amide bonds. The predicted molar refractivity (Wildman–Crippen MR) is 174 cm³/mol. The highest BCUT2D eigenvalue weighted by Gasteiger charge is 2.16. The zero-order valence-electron chi connectivity index (χ0n) is 23.2. The van der Waals surface area contributed by atoms with Crippen LogP contribution in [0.25, 0.3) is 78.1 Å². The molecule has 4 heteroatoms. The molecule has 0 saturated carbocycles. The summed E-state index contributed by atoms with van der Waals surface area (Å²) in [5, 5.41) is 2.22. The van der Waals surface area contributed by atoms with E-state index in [4.69, 9.17) is 14.4 Å². The van der Waals surface area contributed by atoms with E-state index in [0.717, 1.165) is 72.3 Å². The number of hydrogen-bond donors (Lipinski definition) is 0. The predicted octanol–water partition coefficient (Wildman–Crippen LogP) is 10.1. The summed E-state index contributed by atoms with van der Waals surface area (Å²) in [6.45, 7) is 0. The molecule has 0 atom stereocenters. The Kier molecular flexibility index (Phi) is 6.08. The van der Waals surface area contributed by atoms with E-state index in [1.165, 1.54) is 0 Å². The van der Waals surface area contributed by atoms with Gasteiger partial charge in [-0.1, -0.05) is 97.1 Å². The highest BCUT2D eigenvalue weighted by Crippen LogP contribution is 2.39. The Morgan fingerprint density at radius 1 is 0.442 bits per heavy atom. The monoisotopic (exact) mass is 551 g/mol. The van der Waals surface area contributed by atoms with Crippen molar-refractivity contribution in [3.05, 3.63) is 152 Å². The topological polar surface area (TPSA) is 51.8 Å². The molecule has 0 aliphatic heterocycles.